The second-order valence-corrected chi connectivity index (χ2v) is 6.89. The van der Waals surface area contributed by atoms with Crippen molar-refractivity contribution in [3.8, 4) is 5.88 Å². The SMILES string of the molecule is CC(C)C(=N)c1nc(OC(=O)N(c2ccccc2)c2ccccc2)c2nc[nH]c2n1. The van der Waals surface area contributed by atoms with Gasteiger partial charge in [0.2, 0.25) is 0 Å². The number of carbonyl (C=O) groups excluding carboxylic acids is 1. The van der Waals surface area contributed by atoms with E-state index in [-0.39, 0.29) is 23.3 Å². The average Bonchev–Trinajstić information content (AvgIpc) is 3.24. The van der Waals surface area contributed by atoms with Gasteiger partial charge in [0, 0.05) is 0 Å². The lowest BCUT2D eigenvalue weighted by Gasteiger charge is -2.22. The fourth-order valence-electron chi connectivity index (χ4n) is 2.90. The van der Waals surface area contributed by atoms with E-state index in [1.54, 1.807) is 0 Å². The highest BCUT2D eigenvalue weighted by molar-refractivity contribution is 6.00. The van der Waals surface area contributed by atoms with E-state index in [2.05, 4.69) is 19.9 Å². The zero-order valence-electron chi connectivity index (χ0n) is 16.5. The lowest BCUT2D eigenvalue weighted by atomic mass is 10.1. The van der Waals surface area contributed by atoms with Gasteiger partial charge in [0.15, 0.2) is 17.0 Å². The smallest absolute Gasteiger partial charge is 0.388 e. The standard InChI is InChI=1S/C22H20N6O2/c1-14(2)17(23)19-26-20-18(24-13-25-20)21(27-19)30-22(29)28(15-9-5-3-6-10-15)16-11-7-4-8-12-16/h3-14,23H,1-2H3,(H,24,25,26,27). The molecule has 150 valence electrons. The number of hydrogen-bond acceptors (Lipinski definition) is 6. The molecule has 2 aromatic heterocycles. The first-order valence-corrected chi connectivity index (χ1v) is 9.46. The van der Waals surface area contributed by atoms with Crippen molar-refractivity contribution in [1.82, 2.24) is 19.9 Å². The van der Waals surface area contributed by atoms with Gasteiger partial charge < -0.3 is 15.1 Å². The molecule has 1 amide bonds. The quantitative estimate of drug-likeness (QED) is 0.472. The van der Waals surface area contributed by atoms with Gasteiger partial charge in [0.25, 0.3) is 5.88 Å². The van der Waals surface area contributed by atoms with Gasteiger partial charge in [0.1, 0.15) is 0 Å². The number of carbonyl (C=O) groups is 1. The lowest BCUT2D eigenvalue weighted by Crippen LogP contribution is -2.29. The maximum Gasteiger partial charge on any atom is 0.425 e. The third-order valence-corrected chi connectivity index (χ3v) is 4.46. The number of hydrogen-bond donors (Lipinski definition) is 2. The molecule has 0 bridgehead atoms. The van der Waals surface area contributed by atoms with Crippen LogP contribution < -0.4 is 9.64 Å². The van der Waals surface area contributed by atoms with Gasteiger partial charge in [0.05, 0.1) is 23.4 Å². The Labute approximate surface area is 173 Å². The summed E-state index contributed by atoms with van der Waals surface area (Å²) in [6, 6.07) is 18.4. The van der Waals surface area contributed by atoms with Crippen LogP contribution >= 0.6 is 0 Å². The zero-order chi connectivity index (χ0) is 21.1. The molecule has 0 aliphatic rings. The molecule has 4 rings (SSSR count). The predicted molar refractivity (Wildman–Crippen MR) is 114 cm³/mol. The minimum absolute atomic E-state index is 0.00325. The molecule has 0 unspecified atom stereocenters. The van der Waals surface area contributed by atoms with Crippen LogP contribution in [0.1, 0.15) is 19.7 Å². The summed E-state index contributed by atoms with van der Waals surface area (Å²) in [7, 11) is 0. The van der Waals surface area contributed by atoms with Gasteiger partial charge in [-0.1, -0.05) is 50.2 Å². The van der Waals surface area contributed by atoms with Crippen LogP contribution in [-0.2, 0) is 0 Å². The third-order valence-electron chi connectivity index (χ3n) is 4.46. The Morgan fingerprint density at radius 1 is 1.00 bits per heavy atom. The number of aromatic amines is 1. The van der Waals surface area contributed by atoms with Crippen molar-refractivity contribution in [2.75, 3.05) is 4.90 Å². The Morgan fingerprint density at radius 3 is 2.17 bits per heavy atom. The summed E-state index contributed by atoms with van der Waals surface area (Å²) in [5, 5.41) is 8.24. The molecule has 8 nitrogen and oxygen atoms in total. The van der Waals surface area contributed by atoms with Gasteiger partial charge >= 0.3 is 6.09 Å². The minimum atomic E-state index is -0.641. The van der Waals surface area contributed by atoms with E-state index in [1.165, 1.54) is 11.2 Å². The fourth-order valence-corrected chi connectivity index (χ4v) is 2.90. The van der Waals surface area contributed by atoms with Crippen LogP contribution in [0.5, 0.6) is 5.88 Å². The first-order valence-electron chi connectivity index (χ1n) is 9.46. The Bertz CT molecular complexity index is 1150. The first-order chi connectivity index (χ1) is 14.5. The molecule has 0 atom stereocenters. The minimum Gasteiger partial charge on any atom is -0.388 e. The molecule has 2 aromatic carbocycles. The second-order valence-electron chi connectivity index (χ2n) is 6.89. The molecule has 0 aliphatic heterocycles. The number of H-pyrrole nitrogens is 1. The number of ether oxygens (including phenoxy) is 1. The monoisotopic (exact) mass is 400 g/mol. The van der Waals surface area contributed by atoms with Crippen LogP contribution in [0.3, 0.4) is 0 Å². The number of aromatic nitrogens is 4. The zero-order valence-corrected chi connectivity index (χ0v) is 16.5. The summed E-state index contributed by atoms with van der Waals surface area (Å²) in [5.41, 5.74) is 2.27. The lowest BCUT2D eigenvalue weighted by molar-refractivity contribution is 0.209. The molecule has 0 saturated heterocycles. The van der Waals surface area contributed by atoms with Gasteiger partial charge in [-0.3, -0.25) is 0 Å². The van der Waals surface area contributed by atoms with Crippen LogP contribution in [0, 0.1) is 11.3 Å². The molecular weight excluding hydrogens is 380 g/mol. The maximum atomic E-state index is 13.2. The normalized spacial score (nSPS) is 10.9. The number of benzene rings is 2. The van der Waals surface area contributed by atoms with E-state index in [1.807, 2.05) is 74.5 Å². The number of amides is 1. The Kier molecular flexibility index (Phi) is 5.21. The molecule has 0 fully saturated rings. The van der Waals surface area contributed by atoms with E-state index < -0.39 is 6.09 Å². The molecule has 8 heteroatoms. The van der Waals surface area contributed by atoms with Gasteiger partial charge in [-0.05, 0) is 30.2 Å². The highest BCUT2D eigenvalue weighted by atomic mass is 16.6. The summed E-state index contributed by atoms with van der Waals surface area (Å²) in [6.45, 7) is 3.75. The van der Waals surface area contributed by atoms with Crippen molar-refractivity contribution in [3.05, 3.63) is 72.8 Å². The molecule has 0 spiro atoms. The van der Waals surface area contributed by atoms with E-state index in [4.69, 9.17) is 10.1 Å². The summed E-state index contributed by atoms with van der Waals surface area (Å²) >= 11 is 0. The summed E-state index contributed by atoms with van der Waals surface area (Å²) < 4.78 is 5.68. The van der Waals surface area contributed by atoms with Crippen molar-refractivity contribution in [3.63, 3.8) is 0 Å². The van der Waals surface area contributed by atoms with Gasteiger partial charge in [-0.15, -0.1) is 0 Å². The Morgan fingerprint density at radius 2 is 1.60 bits per heavy atom. The van der Waals surface area contributed by atoms with E-state index in [9.17, 15) is 4.79 Å². The maximum absolute atomic E-state index is 13.2. The number of imidazole rings is 1. The van der Waals surface area contributed by atoms with E-state index in [0.717, 1.165) is 0 Å². The Hall–Kier alpha value is -4.07. The molecule has 4 aromatic rings. The number of nitrogens with one attached hydrogen (secondary N) is 2. The van der Waals surface area contributed by atoms with Crippen molar-refractivity contribution >= 4 is 34.3 Å². The largest absolute Gasteiger partial charge is 0.425 e. The molecule has 0 aliphatic carbocycles. The fraction of sp³-hybridized carbons (Fsp3) is 0.136. The van der Waals surface area contributed by atoms with E-state index in [0.29, 0.717) is 22.5 Å². The van der Waals surface area contributed by atoms with Crippen molar-refractivity contribution in [2.24, 2.45) is 5.92 Å². The van der Waals surface area contributed by atoms with Crippen molar-refractivity contribution in [1.29, 1.82) is 5.41 Å². The van der Waals surface area contributed by atoms with Crippen LogP contribution in [0.4, 0.5) is 16.2 Å². The number of nitrogens with zero attached hydrogens (tertiary/aromatic N) is 4. The highest BCUT2D eigenvalue weighted by Gasteiger charge is 2.24. The van der Waals surface area contributed by atoms with Crippen LogP contribution in [-0.4, -0.2) is 31.7 Å². The third kappa shape index (κ3) is 3.75. The number of para-hydroxylation sites is 2. The Balaban J connectivity index is 1.75. The van der Waals surface area contributed by atoms with Crippen LogP contribution in [0.25, 0.3) is 11.2 Å². The molecule has 0 radical (unpaired) electrons. The van der Waals surface area contributed by atoms with E-state index >= 15 is 0 Å². The topological polar surface area (TPSA) is 108 Å². The van der Waals surface area contributed by atoms with Gasteiger partial charge in [-0.25, -0.2) is 19.7 Å². The molecular formula is C22H20N6O2. The van der Waals surface area contributed by atoms with Crippen LogP contribution in [0.15, 0.2) is 67.0 Å². The average molecular weight is 400 g/mol. The number of anilines is 2. The molecule has 0 saturated carbocycles. The number of rotatable bonds is 5. The first kappa shape index (κ1) is 19.3. The summed E-state index contributed by atoms with van der Waals surface area (Å²) in [6.07, 6.45) is 0.809. The molecule has 2 N–H and O–H groups in total. The van der Waals surface area contributed by atoms with Crippen molar-refractivity contribution < 1.29 is 9.53 Å². The summed E-state index contributed by atoms with van der Waals surface area (Å²) in [4.78, 5) is 30.4. The number of fused-ring (bicyclic) bond motifs is 1. The predicted octanol–water partition coefficient (Wildman–Crippen LogP) is 4.71. The highest BCUT2D eigenvalue weighted by Crippen LogP contribution is 2.28. The van der Waals surface area contributed by atoms with Crippen LogP contribution in [0.2, 0.25) is 0 Å². The van der Waals surface area contributed by atoms with Crippen molar-refractivity contribution in [2.45, 2.75) is 13.8 Å². The van der Waals surface area contributed by atoms with Gasteiger partial charge in [-0.2, -0.15) is 4.98 Å². The second kappa shape index (κ2) is 8.12. The molecule has 2 heterocycles. The molecule has 30 heavy (non-hydrogen) atoms. The summed E-state index contributed by atoms with van der Waals surface area (Å²) in [5.74, 6) is 0.109.